The van der Waals surface area contributed by atoms with E-state index in [2.05, 4.69) is 21.0 Å². The van der Waals surface area contributed by atoms with Gasteiger partial charge in [0.05, 0.1) is 23.6 Å². The van der Waals surface area contributed by atoms with Crippen LogP contribution in [0.25, 0.3) is 10.9 Å². The van der Waals surface area contributed by atoms with Crippen LogP contribution in [0.4, 0.5) is 9.18 Å². The molecular formula is C21H25BrFN3O5. The summed E-state index contributed by atoms with van der Waals surface area (Å²) >= 11 is 3.21. The zero-order valence-corrected chi connectivity index (χ0v) is 19.4. The maximum absolute atomic E-state index is 14.3. The smallest absolute Gasteiger partial charge is 0.410 e. The number of hydrogen-bond acceptors (Lipinski definition) is 6. The molecule has 0 radical (unpaired) electrons. The van der Waals surface area contributed by atoms with Gasteiger partial charge in [0.15, 0.2) is 5.78 Å². The summed E-state index contributed by atoms with van der Waals surface area (Å²) in [5.74, 6) is -1.90. The van der Waals surface area contributed by atoms with Crippen molar-refractivity contribution in [3.63, 3.8) is 0 Å². The van der Waals surface area contributed by atoms with E-state index >= 15 is 0 Å². The standard InChI is InChI=1S/C21H25BrFN3O5/c1-5-30-19(28)17(26-11-13-14(23)9-12(22)10-15(13)24-26)18(27)16-7-6-8-25(16)20(29)31-21(2,3)4/h9-11,16-17H,5-8H2,1-4H3. The molecule has 0 aliphatic carbocycles. The summed E-state index contributed by atoms with van der Waals surface area (Å²) in [5.41, 5.74) is -0.442. The van der Waals surface area contributed by atoms with E-state index in [9.17, 15) is 18.8 Å². The van der Waals surface area contributed by atoms with Crippen LogP contribution in [0.3, 0.4) is 0 Å². The van der Waals surface area contributed by atoms with Crippen molar-refractivity contribution in [2.75, 3.05) is 13.2 Å². The van der Waals surface area contributed by atoms with E-state index in [1.807, 2.05) is 0 Å². The SMILES string of the molecule is CCOC(=O)C(C(=O)C1CCCN1C(=O)OC(C)(C)C)n1cc2c(F)cc(Br)cc2n1. The van der Waals surface area contributed by atoms with Gasteiger partial charge in [-0.1, -0.05) is 15.9 Å². The molecule has 0 saturated carbocycles. The Kier molecular flexibility index (Phi) is 6.68. The van der Waals surface area contributed by atoms with Crippen LogP contribution >= 0.6 is 15.9 Å². The number of nitrogens with zero attached hydrogens (tertiary/aromatic N) is 3. The Balaban J connectivity index is 1.97. The molecular weight excluding hydrogens is 473 g/mol. The molecule has 1 saturated heterocycles. The fraction of sp³-hybridized carbons (Fsp3) is 0.524. The Morgan fingerprint density at radius 1 is 1.32 bits per heavy atom. The van der Waals surface area contributed by atoms with E-state index in [1.165, 1.54) is 17.2 Å². The molecule has 168 valence electrons. The van der Waals surface area contributed by atoms with Crippen molar-refractivity contribution >= 4 is 44.7 Å². The lowest BCUT2D eigenvalue weighted by molar-refractivity contribution is -0.152. The van der Waals surface area contributed by atoms with Gasteiger partial charge in [0.1, 0.15) is 11.4 Å². The van der Waals surface area contributed by atoms with E-state index in [4.69, 9.17) is 9.47 Å². The second-order valence-electron chi connectivity index (χ2n) is 8.32. The van der Waals surface area contributed by atoms with Gasteiger partial charge in [-0.25, -0.2) is 18.7 Å². The highest BCUT2D eigenvalue weighted by Gasteiger charge is 2.43. The molecule has 10 heteroatoms. The Hall–Kier alpha value is -2.49. The minimum atomic E-state index is -1.45. The highest BCUT2D eigenvalue weighted by molar-refractivity contribution is 9.10. The third kappa shape index (κ3) is 5.06. The summed E-state index contributed by atoms with van der Waals surface area (Å²) in [6.07, 6.45) is 1.66. The van der Waals surface area contributed by atoms with Crippen molar-refractivity contribution in [1.82, 2.24) is 14.7 Å². The van der Waals surface area contributed by atoms with Crippen molar-refractivity contribution in [2.45, 2.75) is 58.2 Å². The quantitative estimate of drug-likeness (QED) is 0.457. The molecule has 3 rings (SSSR count). The number of esters is 1. The monoisotopic (exact) mass is 497 g/mol. The van der Waals surface area contributed by atoms with E-state index in [0.717, 1.165) is 4.68 Å². The molecule has 2 atom stereocenters. The molecule has 1 aliphatic rings. The van der Waals surface area contributed by atoms with Crippen LogP contribution < -0.4 is 0 Å². The predicted octanol–water partition coefficient (Wildman–Crippen LogP) is 4.01. The minimum Gasteiger partial charge on any atom is -0.464 e. The van der Waals surface area contributed by atoms with E-state index in [1.54, 1.807) is 33.8 Å². The number of ketones is 1. The molecule has 0 N–H and O–H groups in total. The summed E-state index contributed by atoms with van der Waals surface area (Å²) in [5, 5.41) is 4.42. The average molecular weight is 498 g/mol. The number of aromatic nitrogens is 2. The minimum absolute atomic E-state index is 0.0593. The molecule has 1 aliphatic heterocycles. The topological polar surface area (TPSA) is 90.7 Å². The normalized spacial score (nSPS) is 17.6. The Bertz CT molecular complexity index is 1020. The lowest BCUT2D eigenvalue weighted by Crippen LogP contribution is -2.47. The van der Waals surface area contributed by atoms with Crippen LogP contribution in [0.2, 0.25) is 0 Å². The lowest BCUT2D eigenvalue weighted by Gasteiger charge is -2.29. The van der Waals surface area contributed by atoms with Crippen LogP contribution in [0.1, 0.15) is 46.6 Å². The zero-order chi connectivity index (χ0) is 22.9. The van der Waals surface area contributed by atoms with Gasteiger partial charge < -0.3 is 9.47 Å². The molecule has 31 heavy (non-hydrogen) atoms. The lowest BCUT2D eigenvalue weighted by atomic mass is 10.0. The molecule has 0 spiro atoms. The van der Waals surface area contributed by atoms with Crippen LogP contribution in [0.5, 0.6) is 0 Å². The van der Waals surface area contributed by atoms with Gasteiger partial charge in [0.25, 0.3) is 0 Å². The van der Waals surface area contributed by atoms with Crippen molar-refractivity contribution in [1.29, 1.82) is 0 Å². The summed E-state index contributed by atoms with van der Waals surface area (Å²) in [4.78, 5) is 40.1. The molecule has 0 bridgehead atoms. The highest BCUT2D eigenvalue weighted by Crippen LogP contribution is 2.28. The van der Waals surface area contributed by atoms with E-state index in [-0.39, 0.29) is 17.5 Å². The number of rotatable bonds is 5. The molecule has 2 aromatic rings. The summed E-state index contributed by atoms with van der Waals surface area (Å²) < 4.78 is 26.5. The molecule has 1 fully saturated rings. The Morgan fingerprint density at radius 2 is 2.03 bits per heavy atom. The van der Waals surface area contributed by atoms with Gasteiger partial charge in [-0.05, 0) is 52.7 Å². The summed E-state index contributed by atoms with van der Waals surface area (Å²) in [6.45, 7) is 7.23. The molecule has 2 unspecified atom stereocenters. The molecule has 1 amide bonds. The zero-order valence-electron chi connectivity index (χ0n) is 17.9. The first kappa shape index (κ1) is 23.2. The number of hydrogen-bond donors (Lipinski definition) is 0. The van der Waals surface area contributed by atoms with Gasteiger partial charge in [0, 0.05) is 17.2 Å². The van der Waals surface area contributed by atoms with E-state index in [0.29, 0.717) is 23.9 Å². The largest absolute Gasteiger partial charge is 0.464 e. The van der Waals surface area contributed by atoms with Crippen LogP contribution in [-0.4, -0.2) is 57.3 Å². The second kappa shape index (κ2) is 8.94. The maximum atomic E-state index is 14.3. The van der Waals surface area contributed by atoms with Crippen molar-refractivity contribution < 1.29 is 28.2 Å². The van der Waals surface area contributed by atoms with Crippen molar-refractivity contribution in [3.05, 3.63) is 28.6 Å². The van der Waals surface area contributed by atoms with Crippen LogP contribution in [0.15, 0.2) is 22.8 Å². The number of fused-ring (bicyclic) bond motifs is 1. The van der Waals surface area contributed by atoms with Crippen LogP contribution in [-0.2, 0) is 19.1 Å². The highest BCUT2D eigenvalue weighted by atomic mass is 79.9. The van der Waals surface area contributed by atoms with Crippen molar-refractivity contribution in [3.8, 4) is 0 Å². The van der Waals surface area contributed by atoms with Gasteiger partial charge in [-0.2, -0.15) is 5.10 Å². The Labute approximate surface area is 187 Å². The summed E-state index contributed by atoms with van der Waals surface area (Å²) in [7, 11) is 0. The summed E-state index contributed by atoms with van der Waals surface area (Å²) in [6, 6.07) is 0.549. The third-order valence-corrected chi connectivity index (χ3v) is 5.27. The number of benzene rings is 1. The Morgan fingerprint density at radius 3 is 2.68 bits per heavy atom. The average Bonchev–Trinajstić information content (AvgIpc) is 3.27. The predicted molar refractivity (Wildman–Crippen MR) is 114 cm³/mol. The number of carbonyl (C=O) groups is 3. The number of likely N-dealkylation sites (tertiary alicyclic amines) is 1. The third-order valence-electron chi connectivity index (χ3n) is 4.81. The maximum Gasteiger partial charge on any atom is 0.410 e. The fourth-order valence-electron chi connectivity index (χ4n) is 3.56. The molecule has 2 heterocycles. The number of Topliss-reactive ketones (excluding diaryl/α,β-unsaturated/α-hetero) is 1. The fourth-order valence-corrected chi connectivity index (χ4v) is 3.98. The first-order valence-corrected chi connectivity index (χ1v) is 10.8. The van der Waals surface area contributed by atoms with Gasteiger partial charge in [-0.3, -0.25) is 9.69 Å². The first-order valence-electron chi connectivity index (χ1n) is 10.1. The first-order chi connectivity index (χ1) is 14.5. The molecule has 1 aromatic carbocycles. The van der Waals surface area contributed by atoms with Gasteiger partial charge >= 0.3 is 12.1 Å². The van der Waals surface area contributed by atoms with Gasteiger partial charge in [0.2, 0.25) is 6.04 Å². The number of ether oxygens (including phenoxy) is 2. The second-order valence-corrected chi connectivity index (χ2v) is 9.23. The molecule has 1 aromatic heterocycles. The van der Waals surface area contributed by atoms with Crippen molar-refractivity contribution in [2.24, 2.45) is 0 Å². The number of carbonyl (C=O) groups excluding carboxylic acids is 3. The van der Waals surface area contributed by atoms with Gasteiger partial charge in [-0.15, -0.1) is 0 Å². The molecule has 8 nitrogen and oxygen atoms in total. The van der Waals surface area contributed by atoms with Crippen LogP contribution in [0, 0.1) is 5.82 Å². The number of amides is 1. The van der Waals surface area contributed by atoms with E-state index < -0.39 is 41.3 Å². The number of halogens is 2.